The minimum atomic E-state index is -0.300. The second-order valence-electron chi connectivity index (χ2n) is 9.16. The van der Waals surface area contributed by atoms with Crippen LogP contribution in [0.15, 0.2) is 59.9 Å². The van der Waals surface area contributed by atoms with Crippen molar-refractivity contribution in [1.29, 1.82) is 5.26 Å². The summed E-state index contributed by atoms with van der Waals surface area (Å²) in [7, 11) is 5.36. The van der Waals surface area contributed by atoms with E-state index in [4.69, 9.17) is 4.74 Å². The van der Waals surface area contributed by atoms with Gasteiger partial charge in [-0.1, -0.05) is 24.3 Å². The van der Waals surface area contributed by atoms with Crippen LogP contribution >= 0.6 is 0 Å². The molecule has 36 heavy (non-hydrogen) atoms. The molecule has 4 rings (SSSR count). The standard InChI is InChI=1S/C28H33N5O3/c1-30-24-6-4-5-7-25(24)31(2)28(30)23(20-29)26(34)12-13-27(35)33-18-16-32(17-19-33)15-14-21-8-10-22(36-3)11-9-21/h4-11H,12-19H2,1-3H3. The number of piperazine rings is 1. The summed E-state index contributed by atoms with van der Waals surface area (Å²) in [4.78, 5) is 33.7. The molecule has 8 heteroatoms. The molecule has 0 aliphatic carbocycles. The van der Waals surface area contributed by atoms with Crippen LogP contribution in [0.1, 0.15) is 18.4 Å². The molecule has 2 aromatic carbocycles. The quantitative estimate of drug-likeness (QED) is 0.418. The normalized spacial score (nSPS) is 15.5. The molecule has 188 valence electrons. The number of carbonyl (C=O) groups is 2. The predicted octanol–water partition coefficient (Wildman–Crippen LogP) is 3.05. The summed E-state index contributed by atoms with van der Waals surface area (Å²) >= 11 is 0. The fourth-order valence-electron chi connectivity index (χ4n) is 4.86. The van der Waals surface area contributed by atoms with Crippen molar-refractivity contribution < 1.29 is 14.3 Å². The predicted molar refractivity (Wildman–Crippen MR) is 140 cm³/mol. The lowest BCUT2D eigenvalue weighted by Gasteiger charge is -2.34. The average molecular weight is 488 g/mol. The van der Waals surface area contributed by atoms with E-state index in [1.807, 2.05) is 65.2 Å². The molecule has 0 radical (unpaired) electrons. The summed E-state index contributed by atoms with van der Waals surface area (Å²) in [5, 5.41) is 9.78. The van der Waals surface area contributed by atoms with Gasteiger partial charge in [-0.3, -0.25) is 14.5 Å². The van der Waals surface area contributed by atoms with Crippen LogP contribution in [0, 0.1) is 11.3 Å². The molecule has 2 aliphatic rings. The first-order chi connectivity index (χ1) is 17.4. The smallest absolute Gasteiger partial charge is 0.223 e. The van der Waals surface area contributed by atoms with E-state index in [0.29, 0.717) is 18.9 Å². The Morgan fingerprint density at radius 3 is 2.08 bits per heavy atom. The van der Waals surface area contributed by atoms with E-state index < -0.39 is 0 Å². The van der Waals surface area contributed by atoms with Gasteiger partial charge < -0.3 is 19.4 Å². The van der Waals surface area contributed by atoms with Crippen molar-refractivity contribution in [2.45, 2.75) is 19.3 Å². The zero-order chi connectivity index (χ0) is 25.7. The number of nitriles is 1. The van der Waals surface area contributed by atoms with Crippen LogP contribution in [-0.2, 0) is 16.0 Å². The van der Waals surface area contributed by atoms with Gasteiger partial charge in [0.15, 0.2) is 5.78 Å². The summed E-state index contributed by atoms with van der Waals surface area (Å²) in [6.07, 6.45) is 1.09. The van der Waals surface area contributed by atoms with Crippen molar-refractivity contribution in [1.82, 2.24) is 9.80 Å². The van der Waals surface area contributed by atoms with Crippen molar-refractivity contribution in [3.63, 3.8) is 0 Å². The fourth-order valence-corrected chi connectivity index (χ4v) is 4.86. The monoisotopic (exact) mass is 487 g/mol. The van der Waals surface area contributed by atoms with Crippen molar-refractivity contribution >= 4 is 23.1 Å². The SMILES string of the molecule is COc1ccc(CCN2CCN(C(=O)CCC(=O)C(C#N)=C3N(C)c4ccccc4N3C)CC2)cc1. The van der Waals surface area contributed by atoms with Crippen molar-refractivity contribution in [3.05, 3.63) is 65.5 Å². The van der Waals surface area contributed by atoms with Gasteiger partial charge in [-0.25, -0.2) is 0 Å². The maximum Gasteiger partial charge on any atom is 0.223 e. The second kappa shape index (κ2) is 11.3. The third kappa shape index (κ3) is 5.37. The Balaban J connectivity index is 1.26. The summed E-state index contributed by atoms with van der Waals surface area (Å²) in [6.45, 7) is 3.88. The molecule has 1 fully saturated rings. The number of para-hydroxylation sites is 2. The molecule has 0 bridgehead atoms. The number of anilines is 2. The first-order valence-corrected chi connectivity index (χ1v) is 12.3. The number of benzene rings is 2. The van der Waals surface area contributed by atoms with E-state index >= 15 is 0 Å². The molecular formula is C28H33N5O3. The van der Waals surface area contributed by atoms with Crippen molar-refractivity contribution in [2.24, 2.45) is 0 Å². The molecule has 0 N–H and O–H groups in total. The molecular weight excluding hydrogens is 454 g/mol. The second-order valence-corrected chi connectivity index (χ2v) is 9.16. The van der Waals surface area contributed by atoms with Gasteiger partial charge in [0.2, 0.25) is 5.91 Å². The van der Waals surface area contributed by atoms with E-state index in [1.54, 1.807) is 7.11 Å². The molecule has 2 aliphatic heterocycles. The molecule has 2 heterocycles. The summed E-state index contributed by atoms with van der Waals surface area (Å²) in [5.74, 6) is 1.08. The highest BCUT2D eigenvalue weighted by molar-refractivity contribution is 6.03. The van der Waals surface area contributed by atoms with Gasteiger partial charge in [-0.05, 0) is 36.2 Å². The summed E-state index contributed by atoms with van der Waals surface area (Å²) in [6, 6.07) is 18.0. The van der Waals surface area contributed by atoms with Gasteiger partial charge in [0.1, 0.15) is 23.2 Å². The van der Waals surface area contributed by atoms with Crippen LogP contribution in [0.5, 0.6) is 5.75 Å². The molecule has 1 amide bonds. The number of hydrogen-bond donors (Lipinski definition) is 0. The number of amides is 1. The Labute approximate surface area is 212 Å². The number of methoxy groups -OCH3 is 1. The Bertz CT molecular complexity index is 1150. The Hall–Kier alpha value is -3.83. The minimum absolute atomic E-state index is 0.0287. The first kappa shape index (κ1) is 25.3. The highest BCUT2D eigenvalue weighted by Gasteiger charge is 2.31. The van der Waals surface area contributed by atoms with Gasteiger partial charge in [0.25, 0.3) is 0 Å². The third-order valence-corrected chi connectivity index (χ3v) is 7.02. The number of hydrogen-bond acceptors (Lipinski definition) is 7. The van der Waals surface area contributed by atoms with Crippen LogP contribution < -0.4 is 14.5 Å². The van der Waals surface area contributed by atoms with Crippen LogP contribution in [0.4, 0.5) is 11.4 Å². The molecule has 1 saturated heterocycles. The highest BCUT2D eigenvalue weighted by Crippen LogP contribution is 2.40. The number of ketones is 1. The van der Waals surface area contributed by atoms with E-state index in [-0.39, 0.29) is 30.1 Å². The minimum Gasteiger partial charge on any atom is -0.497 e. The van der Waals surface area contributed by atoms with Gasteiger partial charge in [-0.2, -0.15) is 5.26 Å². The topological polar surface area (TPSA) is 80.1 Å². The third-order valence-electron chi connectivity index (χ3n) is 7.02. The maximum absolute atomic E-state index is 13.0. The van der Waals surface area contributed by atoms with E-state index in [1.165, 1.54) is 5.56 Å². The number of Topliss-reactive ketones (excluding diaryl/α,β-unsaturated/α-hetero) is 1. The largest absolute Gasteiger partial charge is 0.497 e. The fraction of sp³-hybridized carbons (Fsp3) is 0.393. The zero-order valence-corrected chi connectivity index (χ0v) is 21.2. The molecule has 2 aromatic rings. The lowest BCUT2D eigenvalue weighted by Crippen LogP contribution is -2.49. The average Bonchev–Trinajstić information content (AvgIpc) is 3.17. The van der Waals surface area contributed by atoms with E-state index in [0.717, 1.165) is 43.2 Å². The number of rotatable bonds is 8. The molecule has 8 nitrogen and oxygen atoms in total. The van der Waals surface area contributed by atoms with Gasteiger partial charge in [0, 0.05) is 59.7 Å². The molecule has 0 unspecified atom stereocenters. The van der Waals surface area contributed by atoms with Crippen LogP contribution in [0.2, 0.25) is 0 Å². The van der Waals surface area contributed by atoms with Gasteiger partial charge in [0.05, 0.1) is 18.5 Å². The first-order valence-electron chi connectivity index (χ1n) is 12.3. The zero-order valence-electron chi connectivity index (χ0n) is 21.2. The molecule has 0 aromatic heterocycles. The van der Waals surface area contributed by atoms with Crippen LogP contribution in [0.25, 0.3) is 0 Å². The van der Waals surface area contributed by atoms with Crippen molar-refractivity contribution in [2.75, 3.05) is 63.7 Å². The number of ether oxygens (including phenoxy) is 1. The van der Waals surface area contributed by atoms with Gasteiger partial charge in [-0.15, -0.1) is 0 Å². The van der Waals surface area contributed by atoms with Crippen LogP contribution in [-0.4, -0.2) is 75.4 Å². The van der Waals surface area contributed by atoms with Crippen molar-refractivity contribution in [3.8, 4) is 11.8 Å². The number of nitrogens with zero attached hydrogens (tertiary/aromatic N) is 5. The molecule has 0 spiro atoms. The van der Waals surface area contributed by atoms with E-state index in [9.17, 15) is 14.9 Å². The van der Waals surface area contributed by atoms with E-state index in [2.05, 4.69) is 23.1 Å². The number of allylic oxidation sites excluding steroid dienone is 1. The Morgan fingerprint density at radius 1 is 0.917 bits per heavy atom. The highest BCUT2D eigenvalue weighted by atomic mass is 16.5. The molecule has 0 saturated carbocycles. The molecule has 0 atom stereocenters. The maximum atomic E-state index is 13.0. The summed E-state index contributed by atoms with van der Waals surface area (Å²) < 4.78 is 5.21. The number of carbonyl (C=O) groups excluding carboxylic acids is 2. The number of fused-ring (bicyclic) bond motifs is 1. The lowest BCUT2D eigenvalue weighted by molar-refractivity contribution is -0.134. The Kier molecular flexibility index (Phi) is 7.91. The van der Waals surface area contributed by atoms with Crippen LogP contribution in [0.3, 0.4) is 0 Å². The Morgan fingerprint density at radius 2 is 1.53 bits per heavy atom. The van der Waals surface area contributed by atoms with Gasteiger partial charge >= 0.3 is 0 Å². The lowest BCUT2D eigenvalue weighted by atomic mass is 10.1. The summed E-state index contributed by atoms with van der Waals surface area (Å²) in [5.41, 5.74) is 3.23.